The first-order chi connectivity index (χ1) is 5.98. The van der Waals surface area contributed by atoms with Gasteiger partial charge >= 0.3 is 0 Å². The first-order valence-corrected chi connectivity index (χ1v) is 6.29. The molecule has 0 aliphatic heterocycles. The SMILES string of the molecule is CSC1(C)CCC(C(C)C)C(=O)C1. The minimum Gasteiger partial charge on any atom is -0.299 e. The van der Waals surface area contributed by atoms with Crippen LogP contribution in [0.15, 0.2) is 0 Å². The van der Waals surface area contributed by atoms with E-state index in [2.05, 4.69) is 27.0 Å². The monoisotopic (exact) mass is 200 g/mol. The third-order valence-corrected chi connectivity index (χ3v) is 4.58. The summed E-state index contributed by atoms with van der Waals surface area (Å²) < 4.78 is 0.225. The van der Waals surface area contributed by atoms with Gasteiger partial charge in [0.15, 0.2) is 0 Å². The summed E-state index contributed by atoms with van der Waals surface area (Å²) >= 11 is 1.84. The summed E-state index contributed by atoms with van der Waals surface area (Å²) in [6.07, 6.45) is 5.18. The molecule has 0 aromatic heterocycles. The predicted octanol–water partition coefficient (Wildman–Crippen LogP) is 3.13. The van der Waals surface area contributed by atoms with Crippen molar-refractivity contribution in [1.82, 2.24) is 0 Å². The summed E-state index contributed by atoms with van der Waals surface area (Å²) in [5, 5.41) is 0. The first-order valence-electron chi connectivity index (χ1n) is 5.06. The Morgan fingerprint density at radius 2 is 2.15 bits per heavy atom. The van der Waals surface area contributed by atoms with E-state index in [9.17, 15) is 4.79 Å². The summed E-state index contributed by atoms with van der Waals surface area (Å²) in [4.78, 5) is 11.8. The molecule has 1 saturated carbocycles. The number of rotatable bonds is 2. The van der Waals surface area contributed by atoms with Crippen molar-refractivity contribution >= 4 is 17.5 Å². The van der Waals surface area contributed by atoms with Gasteiger partial charge in [-0.05, 0) is 25.0 Å². The highest BCUT2D eigenvalue weighted by molar-refractivity contribution is 8.00. The van der Waals surface area contributed by atoms with Crippen LogP contribution in [0, 0.1) is 11.8 Å². The van der Waals surface area contributed by atoms with Gasteiger partial charge in [-0.25, -0.2) is 0 Å². The predicted molar refractivity (Wildman–Crippen MR) is 59.1 cm³/mol. The fourth-order valence-electron chi connectivity index (χ4n) is 2.09. The molecule has 1 aliphatic rings. The maximum Gasteiger partial charge on any atom is 0.137 e. The van der Waals surface area contributed by atoms with E-state index in [0.717, 1.165) is 12.8 Å². The third-order valence-electron chi connectivity index (χ3n) is 3.24. The molecule has 1 aliphatic carbocycles. The molecule has 0 aromatic rings. The van der Waals surface area contributed by atoms with Crippen LogP contribution in [0.5, 0.6) is 0 Å². The second-order valence-electron chi connectivity index (χ2n) is 4.69. The van der Waals surface area contributed by atoms with Gasteiger partial charge in [-0.1, -0.05) is 20.8 Å². The lowest BCUT2D eigenvalue weighted by molar-refractivity contribution is -0.126. The molecule has 0 bridgehead atoms. The molecular formula is C11H20OS. The van der Waals surface area contributed by atoms with Crippen LogP contribution in [0.25, 0.3) is 0 Å². The molecule has 0 spiro atoms. The minimum atomic E-state index is 0.225. The third kappa shape index (κ3) is 2.49. The molecule has 0 amide bonds. The van der Waals surface area contributed by atoms with E-state index in [1.807, 2.05) is 11.8 Å². The average Bonchev–Trinajstić information content (AvgIpc) is 2.03. The first kappa shape index (κ1) is 11.1. The zero-order chi connectivity index (χ0) is 10.1. The van der Waals surface area contributed by atoms with Gasteiger partial charge in [-0.15, -0.1) is 0 Å². The molecular weight excluding hydrogens is 180 g/mol. The van der Waals surface area contributed by atoms with Crippen LogP contribution in [-0.2, 0) is 4.79 Å². The Morgan fingerprint density at radius 3 is 2.54 bits per heavy atom. The van der Waals surface area contributed by atoms with Gasteiger partial charge < -0.3 is 0 Å². The number of Topliss-reactive ketones (excluding diaryl/α,β-unsaturated/α-hetero) is 1. The van der Waals surface area contributed by atoms with Gasteiger partial charge in [0.25, 0.3) is 0 Å². The minimum absolute atomic E-state index is 0.225. The van der Waals surface area contributed by atoms with Crippen LogP contribution in [0.3, 0.4) is 0 Å². The van der Waals surface area contributed by atoms with Crippen LogP contribution < -0.4 is 0 Å². The highest BCUT2D eigenvalue weighted by Crippen LogP contribution is 2.40. The second kappa shape index (κ2) is 4.04. The van der Waals surface area contributed by atoms with E-state index < -0.39 is 0 Å². The molecule has 2 heteroatoms. The van der Waals surface area contributed by atoms with Crippen LogP contribution in [0.4, 0.5) is 0 Å². The van der Waals surface area contributed by atoms with Gasteiger partial charge in [0, 0.05) is 17.1 Å². The number of ketones is 1. The quantitative estimate of drug-likeness (QED) is 0.681. The van der Waals surface area contributed by atoms with Crippen molar-refractivity contribution in [2.45, 2.75) is 44.8 Å². The van der Waals surface area contributed by atoms with Crippen molar-refractivity contribution in [1.29, 1.82) is 0 Å². The van der Waals surface area contributed by atoms with Crippen LogP contribution in [0.1, 0.15) is 40.0 Å². The smallest absolute Gasteiger partial charge is 0.137 e. The fraction of sp³-hybridized carbons (Fsp3) is 0.909. The molecule has 1 nitrogen and oxygen atoms in total. The van der Waals surface area contributed by atoms with Gasteiger partial charge in [-0.2, -0.15) is 11.8 Å². The molecule has 2 atom stereocenters. The zero-order valence-electron chi connectivity index (χ0n) is 9.09. The Bertz CT molecular complexity index is 200. The van der Waals surface area contributed by atoms with E-state index in [4.69, 9.17) is 0 Å². The van der Waals surface area contributed by atoms with Crippen LogP contribution in [0.2, 0.25) is 0 Å². The Kier molecular flexibility index (Phi) is 3.44. The number of carbonyl (C=O) groups is 1. The van der Waals surface area contributed by atoms with Crippen molar-refractivity contribution in [2.75, 3.05) is 6.26 Å². The molecule has 0 heterocycles. The molecule has 13 heavy (non-hydrogen) atoms. The lowest BCUT2D eigenvalue weighted by atomic mass is 9.76. The Labute approximate surface area is 85.7 Å². The van der Waals surface area contributed by atoms with Crippen molar-refractivity contribution in [3.8, 4) is 0 Å². The summed E-state index contributed by atoms with van der Waals surface area (Å²) in [6, 6.07) is 0. The summed E-state index contributed by atoms with van der Waals surface area (Å²) in [7, 11) is 0. The van der Waals surface area contributed by atoms with E-state index in [1.54, 1.807) is 0 Å². The number of hydrogen-bond acceptors (Lipinski definition) is 2. The van der Waals surface area contributed by atoms with E-state index in [0.29, 0.717) is 17.6 Å². The van der Waals surface area contributed by atoms with Crippen molar-refractivity contribution in [3.63, 3.8) is 0 Å². The van der Waals surface area contributed by atoms with E-state index in [1.165, 1.54) is 6.42 Å². The summed E-state index contributed by atoms with van der Waals surface area (Å²) in [5.41, 5.74) is 0. The van der Waals surface area contributed by atoms with E-state index in [-0.39, 0.29) is 4.75 Å². The molecule has 0 saturated heterocycles. The van der Waals surface area contributed by atoms with Gasteiger partial charge in [0.1, 0.15) is 5.78 Å². The Balaban J connectivity index is 2.62. The van der Waals surface area contributed by atoms with Crippen LogP contribution in [-0.4, -0.2) is 16.8 Å². The van der Waals surface area contributed by atoms with Gasteiger partial charge in [0.05, 0.1) is 0 Å². The lowest BCUT2D eigenvalue weighted by Gasteiger charge is -2.36. The molecule has 0 N–H and O–H groups in total. The Morgan fingerprint density at radius 1 is 1.54 bits per heavy atom. The average molecular weight is 200 g/mol. The van der Waals surface area contributed by atoms with Crippen LogP contribution >= 0.6 is 11.8 Å². The fourth-order valence-corrected chi connectivity index (χ4v) is 2.70. The van der Waals surface area contributed by atoms with Gasteiger partial charge in [-0.3, -0.25) is 4.79 Å². The molecule has 1 rings (SSSR count). The van der Waals surface area contributed by atoms with Gasteiger partial charge in [0.2, 0.25) is 0 Å². The number of carbonyl (C=O) groups excluding carboxylic acids is 1. The summed E-state index contributed by atoms with van der Waals surface area (Å²) in [5.74, 6) is 1.34. The molecule has 76 valence electrons. The molecule has 2 unspecified atom stereocenters. The number of thioether (sulfide) groups is 1. The summed E-state index contributed by atoms with van der Waals surface area (Å²) in [6.45, 7) is 6.53. The maximum atomic E-state index is 11.8. The van der Waals surface area contributed by atoms with E-state index >= 15 is 0 Å². The van der Waals surface area contributed by atoms with Crippen molar-refractivity contribution in [2.24, 2.45) is 11.8 Å². The lowest BCUT2D eigenvalue weighted by Crippen LogP contribution is -2.36. The Hall–Kier alpha value is 0.0200. The zero-order valence-corrected chi connectivity index (χ0v) is 9.91. The van der Waals surface area contributed by atoms with Crippen molar-refractivity contribution < 1.29 is 4.79 Å². The highest BCUT2D eigenvalue weighted by Gasteiger charge is 2.36. The topological polar surface area (TPSA) is 17.1 Å². The molecule has 1 fully saturated rings. The van der Waals surface area contributed by atoms with Crippen molar-refractivity contribution in [3.05, 3.63) is 0 Å². The second-order valence-corrected chi connectivity index (χ2v) is 6.08. The standard InChI is InChI=1S/C11H20OS/c1-8(2)9-5-6-11(3,13-4)7-10(9)12/h8-9H,5-7H2,1-4H3. The largest absolute Gasteiger partial charge is 0.299 e. The maximum absolute atomic E-state index is 11.8. The molecule has 0 radical (unpaired) electrons. The normalized spacial score (nSPS) is 35.5. The highest BCUT2D eigenvalue weighted by atomic mass is 32.2. The molecule has 0 aromatic carbocycles. The number of hydrogen-bond donors (Lipinski definition) is 0.